The molecular weight excluding hydrogens is 248 g/mol. The van der Waals surface area contributed by atoms with Gasteiger partial charge in [0.2, 0.25) is 5.69 Å². The highest BCUT2D eigenvalue weighted by Gasteiger charge is 2.26. The Morgan fingerprint density at radius 2 is 2.16 bits per heavy atom. The number of carbonyl (C=O) groups is 1. The molecule has 2 heterocycles. The van der Waals surface area contributed by atoms with Gasteiger partial charge in [0, 0.05) is 5.39 Å². The zero-order valence-corrected chi connectivity index (χ0v) is 10.1. The number of nitrogens with zero attached hydrogens (tertiary/aromatic N) is 4. The van der Waals surface area contributed by atoms with Gasteiger partial charge >= 0.3 is 5.97 Å². The second-order valence-electron chi connectivity index (χ2n) is 3.87. The highest BCUT2D eigenvalue weighted by Crippen LogP contribution is 2.30. The van der Waals surface area contributed by atoms with E-state index < -0.39 is 5.97 Å². The lowest BCUT2D eigenvalue weighted by Gasteiger charge is -2.07. The van der Waals surface area contributed by atoms with Crippen LogP contribution >= 0.6 is 0 Å². The van der Waals surface area contributed by atoms with Gasteiger partial charge in [-0.05, 0) is 18.2 Å². The summed E-state index contributed by atoms with van der Waals surface area (Å²) in [4.78, 5) is 16.5. The summed E-state index contributed by atoms with van der Waals surface area (Å²) in [5.74, 6) is -0.687. The fraction of sp³-hybridized carbons (Fsp3) is 0.167. The third-order valence-electron chi connectivity index (χ3n) is 2.74. The predicted octanol–water partition coefficient (Wildman–Crippen LogP) is 1.35. The molecule has 0 spiro atoms. The Morgan fingerprint density at radius 1 is 1.37 bits per heavy atom. The van der Waals surface area contributed by atoms with Crippen LogP contribution in [0.25, 0.3) is 22.3 Å². The third-order valence-corrected chi connectivity index (χ3v) is 2.74. The molecule has 7 nitrogen and oxygen atoms in total. The Morgan fingerprint density at radius 3 is 2.95 bits per heavy atom. The highest BCUT2D eigenvalue weighted by atomic mass is 16.5. The van der Waals surface area contributed by atoms with Gasteiger partial charge in [0.15, 0.2) is 0 Å². The van der Waals surface area contributed by atoms with E-state index >= 15 is 0 Å². The number of fused-ring (bicyclic) bond motifs is 3. The molecular formula is C12H10N4O3. The second kappa shape index (κ2) is 4.20. The van der Waals surface area contributed by atoms with Crippen molar-refractivity contribution in [2.24, 2.45) is 0 Å². The quantitative estimate of drug-likeness (QED) is 0.551. The summed E-state index contributed by atoms with van der Waals surface area (Å²) in [6, 6.07) is 7.30. The van der Waals surface area contributed by atoms with Crippen LogP contribution in [0.2, 0.25) is 0 Å². The Kier molecular flexibility index (Phi) is 2.52. The van der Waals surface area contributed by atoms with Crippen LogP contribution in [0, 0.1) is 0 Å². The zero-order valence-electron chi connectivity index (χ0n) is 10.1. The Hall–Kier alpha value is -2.70. The van der Waals surface area contributed by atoms with E-state index in [0.29, 0.717) is 16.1 Å². The Labute approximate surface area is 107 Å². The molecule has 96 valence electrons. The summed E-state index contributed by atoms with van der Waals surface area (Å²) in [5.41, 5.74) is 1.30. The minimum atomic E-state index is -0.687. The number of hydrogen-bond donors (Lipinski definition) is 1. The summed E-state index contributed by atoms with van der Waals surface area (Å²) in [7, 11) is 0. The molecule has 0 fully saturated rings. The van der Waals surface area contributed by atoms with Crippen LogP contribution in [0.4, 0.5) is 0 Å². The summed E-state index contributed by atoms with van der Waals surface area (Å²) in [6.07, 6.45) is 0. The molecule has 1 aromatic carbocycles. The first kappa shape index (κ1) is 11.4. The van der Waals surface area contributed by atoms with Crippen LogP contribution in [0.1, 0.15) is 17.4 Å². The smallest absolute Gasteiger partial charge is 0.362 e. The molecule has 3 rings (SSSR count). The minimum absolute atomic E-state index is 0.122. The summed E-state index contributed by atoms with van der Waals surface area (Å²) in [6.45, 7) is 1.88. The molecule has 0 bridgehead atoms. The van der Waals surface area contributed by atoms with E-state index in [-0.39, 0.29) is 18.0 Å². The summed E-state index contributed by atoms with van der Waals surface area (Å²) >= 11 is 0. The molecule has 7 heteroatoms. The first-order valence-electron chi connectivity index (χ1n) is 5.73. The number of esters is 1. The maximum Gasteiger partial charge on any atom is 0.362 e. The van der Waals surface area contributed by atoms with Gasteiger partial charge in [-0.15, -0.1) is 5.10 Å². The summed E-state index contributed by atoms with van der Waals surface area (Å²) in [5, 5.41) is 17.8. The number of para-hydroxylation sites is 1. The van der Waals surface area contributed by atoms with Crippen LogP contribution in [0.5, 0.6) is 0 Å². The number of hydrogen-bond acceptors (Lipinski definition) is 6. The van der Waals surface area contributed by atoms with Crippen LogP contribution in [-0.4, -0.2) is 37.9 Å². The number of benzene rings is 1. The van der Waals surface area contributed by atoms with Gasteiger partial charge in [0.25, 0.3) is 0 Å². The largest absolute Gasteiger partial charge is 0.461 e. The van der Waals surface area contributed by atoms with Gasteiger partial charge in [-0.2, -0.15) is 0 Å². The number of aromatic nitrogens is 4. The van der Waals surface area contributed by atoms with Crippen LogP contribution in [0.15, 0.2) is 24.3 Å². The van der Waals surface area contributed by atoms with E-state index in [0.717, 1.165) is 5.39 Å². The fourth-order valence-electron chi connectivity index (χ4n) is 1.94. The van der Waals surface area contributed by atoms with Gasteiger partial charge in [-0.25, -0.2) is 9.78 Å². The van der Waals surface area contributed by atoms with E-state index in [4.69, 9.17) is 4.74 Å². The van der Waals surface area contributed by atoms with Crippen molar-refractivity contribution < 1.29 is 14.7 Å². The average Bonchev–Trinajstić information content (AvgIpc) is 2.76. The van der Waals surface area contributed by atoms with Crippen molar-refractivity contribution in [3.8, 4) is 11.4 Å². The lowest BCUT2D eigenvalue weighted by Crippen LogP contribution is -2.19. The van der Waals surface area contributed by atoms with E-state index in [9.17, 15) is 10.0 Å². The normalized spacial score (nSPS) is 11.0. The lowest BCUT2D eigenvalue weighted by molar-refractivity contribution is 0.0439. The molecule has 0 saturated carbocycles. The SMILES string of the molecule is CCOC(=O)c1c2nc3ccccc3c-2nnn1O. The van der Waals surface area contributed by atoms with Gasteiger partial charge in [0.05, 0.1) is 12.1 Å². The van der Waals surface area contributed by atoms with Gasteiger partial charge in [-0.1, -0.05) is 23.0 Å². The molecule has 0 aromatic heterocycles. The van der Waals surface area contributed by atoms with E-state index in [1.807, 2.05) is 18.2 Å². The molecule has 19 heavy (non-hydrogen) atoms. The molecule has 2 aliphatic rings. The molecule has 1 aromatic rings. The zero-order chi connectivity index (χ0) is 13.4. The monoisotopic (exact) mass is 258 g/mol. The lowest BCUT2D eigenvalue weighted by atomic mass is 10.2. The maximum atomic E-state index is 11.8. The molecule has 2 aliphatic heterocycles. The topological polar surface area (TPSA) is 90.1 Å². The summed E-state index contributed by atoms with van der Waals surface area (Å²) < 4.78 is 4.89. The third kappa shape index (κ3) is 1.67. The van der Waals surface area contributed by atoms with Crippen molar-refractivity contribution in [3.63, 3.8) is 0 Å². The van der Waals surface area contributed by atoms with Crippen molar-refractivity contribution in [3.05, 3.63) is 30.0 Å². The minimum Gasteiger partial charge on any atom is -0.461 e. The Balaban J connectivity index is 2.30. The number of carbonyl (C=O) groups excluding carboxylic acids is 1. The van der Waals surface area contributed by atoms with E-state index in [1.165, 1.54) is 0 Å². The molecule has 0 radical (unpaired) electrons. The molecule has 0 amide bonds. The van der Waals surface area contributed by atoms with Crippen molar-refractivity contribution in [2.45, 2.75) is 6.92 Å². The van der Waals surface area contributed by atoms with Crippen molar-refractivity contribution >= 4 is 16.9 Å². The number of ether oxygens (including phenoxy) is 1. The van der Waals surface area contributed by atoms with Crippen LogP contribution in [-0.2, 0) is 4.74 Å². The predicted molar refractivity (Wildman–Crippen MR) is 65.1 cm³/mol. The van der Waals surface area contributed by atoms with E-state index in [2.05, 4.69) is 15.3 Å². The van der Waals surface area contributed by atoms with Gasteiger partial charge in [-0.3, -0.25) is 0 Å². The first-order valence-corrected chi connectivity index (χ1v) is 5.73. The van der Waals surface area contributed by atoms with Crippen LogP contribution < -0.4 is 0 Å². The molecule has 0 unspecified atom stereocenters. The van der Waals surface area contributed by atoms with E-state index in [1.54, 1.807) is 13.0 Å². The molecule has 1 N–H and O–H groups in total. The highest BCUT2D eigenvalue weighted by molar-refractivity contribution is 6.02. The standard InChI is InChI=1S/C12H10N4O3/c1-2-19-12(17)11-10-9(14-15-16(11)18)7-5-3-4-6-8(7)13-10/h3-6,18H,2H2,1H3. The molecule has 0 saturated heterocycles. The van der Waals surface area contributed by atoms with Crippen molar-refractivity contribution in [2.75, 3.05) is 6.61 Å². The van der Waals surface area contributed by atoms with Crippen molar-refractivity contribution in [1.82, 2.24) is 20.1 Å². The fourth-order valence-corrected chi connectivity index (χ4v) is 1.94. The maximum absolute atomic E-state index is 11.8. The van der Waals surface area contributed by atoms with Gasteiger partial charge < -0.3 is 9.94 Å². The van der Waals surface area contributed by atoms with Crippen LogP contribution in [0.3, 0.4) is 0 Å². The van der Waals surface area contributed by atoms with Gasteiger partial charge in [0.1, 0.15) is 11.4 Å². The molecule has 0 aliphatic carbocycles. The average molecular weight is 258 g/mol. The molecule has 0 atom stereocenters. The Bertz CT molecular complexity index is 737. The number of rotatable bonds is 2. The van der Waals surface area contributed by atoms with Crippen molar-refractivity contribution in [1.29, 1.82) is 0 Å². The second-order valence-corrected chi connectivity index (χ2v) is 3.87. The first-order chi connectivity index (χ1) is 9.22.